The molecule has 0 saturated carbocycles. The maximum atomic E-state index is 12.2. The van der Waals surface area contributed by atoms with Crippen molar-refractivity contribution in [1.29, 1.82) is 0 Å². The van der Waals surface area contributed by atoms with Gasteiger partial charge in [0.2, 0.25) is 0 Å². The third kappa shape index (κ3) is 2.19. The normalized spacial score (nSPS) is 17.2. The van der Waals surface area contributed by atoms with E-state index in [4.69, 9.17) is 4.74 Å². The lowest BCUT2D eigenvalue weighted by atomic mass is 10.2. The zero-order valence-corrected chi connectivity index (χ0v) is 11.6. The summed E-state index contributed by atoms with van der Waals surface area (Å²) < 4.78 is 7.25. The molecule has 20 heavy (non-hydrogen) atoms. The fourth-order valence-corrected chi connectivity index (χ4v) is 2.53. The van der Waals surface area contributed by atoms with Gasteiger partial charge in [0.05, 0.1) is 6.10 Å². The minimum absolute atomic E-state index is 0.108. The van der Waals surface area contributed by atoms with Gasteiger partial charge in [-0.1, -0.05) is 30.3 Å². The highest BCUT2D eigenvalue weighted by Gasteiger charge is 2.34. The highest BCUT2D eigenvalue weighted by Crippen LogP contribution is 2.31. The molecule has 0 amide bonds. The Morgan fingerprint density at radius 2 is 2.05 bits per heavy atom. The SMILES string of the molecule is CC(C)OC(=O)C1CCc2nnc(-c3ccccc3)n21. The molecule has 1 aromatic carbocycles. The number of ether oxygens (including phenoxy) is 1. The summed E-state index contributed by atoms with van der Waals surface area (Å²) in [5, 5.41) is 8.42. The van der Waals surface area contributed by atoms with Gasteiger partial charge in [-0.2, -0.15) is 0 Å². The summed E-state index contributed by atoms with van der Waals surface area (Å²) in [7, 11) is 0. The summed E-state index contributed by atoms with van der Waals surface area (Å²) in [5.41, 5.74) is 0.968. The minimum Gasteiger partial charge on any atom is -0.461 e. The molecule has 0 bridgehead atoms. The Morgan fingerprint density at radius 1 is 1.30 bits per heavy atom. The average molecular weight is 271 g/mol. The monoisotopic (exact) mass is 271 g/mol. The number of rotatable bonds is 3. The Balaban J connectivity index is 1.96. The van der Waals surface area contributed by atoms with E-state index in [0.29, 0.717) is 0 Å². The van der Waals surface area contributed by atoms with Gasteiger partial charge in [0, 0.05) is 12.0 Å². The molecule has 0 saturated heterocycles. The van der Waals surface area contributed by atoms with Gasteiger partial charge in [0.15, 0.2) is 5.82 Å². The third-order valence-electron chi connectivity index (χ3n) is 3.38. The summed E-state index contributed by atoms with van der Waals surface area (Å²) in [6.45, 7) is 3.72. The van der Waals surface area contributed by atoms with E-state index in [0.717, 1.165) is 30.1 Å². The van der Waals surface area contributed by atoms with Gasteiger partial charge in [-0.05, 0) is 20.3 Å². The van der Waals surface area contributed by atoms with Crippen LogP contribution in [0, 0.1) is 0 Å². The van der Waals surface area contributed by atoms with Crippen molar-refractivity contribution in [2.45, 2.75) is 38.8 Å². The molecule has 0 spiro atoms. The Morgan fingerprint density at radius 3 is 2.75 bits per heavy atom. The van der Waals surface area contributed by atoms with Gasteiger partial charge in [0.1, 0.15) is 11.9 Å². The summed E-state index contributed by atoms with van der Waals surface area (Å²) >= 11 is 0. The average Bonchev–Trinajstić information content (AvgIpc) is 2.99. The molecule has 2 aromatic rings. The van der Waals surface area contributed by atoms with Gasteiger partial charge in [-0.3, -0.25) is 4.57 Å². The first kappa shape index (κ1) is 12.8. The number of nitrogens with zero attached hydrogens (tertiary/aromatic N) is 3. The smallest absolute Gasteiger partial charge is 0.329 e. The summed E-state index contributed by atoms with van der Waals surface area (Å²) in [4.78, 5) is 12.2. The highest BCUT2D eigenvalue weighted by molar-refractivity contribution is 5.76. The second-order valence-corrected chi connectivity index (χ2v) is 5.22. The van der Waals surface area contributed by atoms with Crippen LogP contribution in [0.5, 0.6) is 0 Å². The van der Waals surface area contributed by atoms with Gasteiger partial charge < -0.3 is 4.74 Å². The number of hydrogen-bond donors (Lipinski definition) is 0. The van der Waals surface area contributed by atoms with Crippen LogP contribution >= 0.6 is 0 Å². The van der Waals surface area contributed by atoms with E-state index < -0.39 is 0 Å². The third-order valence-corrected chi connectivity index (χ3v) is 3.38. The molecule has 3 rings (SSSR count). The first-order valence-corrected chi connectivity index (χ1v) is 6.86. The maximum absolute atomic E-state index is 12.2. The lowest BCUT2D eigenvalue weighted by Crippen LogP contribution is -2.22. The minimum atomic E-state index is -0.308. The van der Waals surface area contributed by atoms with Crippen LogP contribution in [-0.2, 0) is 16.0 Å². The van der Waals surface area contributed by atoms with Crippen LogP contribution in [-0.4, -0.2) is 26.8 Å². The Labute approximate surface area is 117 Å². The predicted molar refractivity (Wildman–Crippen MR) is 74.0 cm³/mol. The molecular weight excluding hydrogens is 254 g/mol. The van der Waals surface area contributed by atoms with Crippen molar-refractivity contribution >= 4 is 5.97 Å². The van der Waals surface area contributed by atoms with Crippen LogP contribution in [0.15, 0.2) is 30.3 Å². The number of fused-ring (bicyclic) bond motifs is 1. The number of hydrogen-bond acceptors (Lipinski definition) is 4. The van der Waals surface area contributed by atoms with Crippen molar-refractivity contribution in [3.8, 4) is 11.4 Å². The van der Waals surface area contributed by atoms with E-state index in [1.165, 1.54) is 0 Å². The first-order valence-electron chi connectivity index (χ1n) is 6.86. The van der Waals surface area contributed by atoms with Crippen molar-refractivity contribution in [3.63, 3.8) is 0 Å². The molecule has 104 valence electrons. The van der Waals surface area contributed by atoms with E-state index in [2.05, 4.69) is 10.2 Å². The van der Waals surface area contributed by atoms with Gasteiger partial charge in [0.25, 0.3) is 0 Å². The molecule has 1 aromatic heterocycles. The molecule has 1 atom stereocenters. The molecule has 0 fully saturated rings. The number of carbonyl (C=O) groups is 1. The quantitative estimate of drug-likeness (QED) is 0.804. The largest absolute Gasteiger partial charge is 0.461 e. The molecule has 5 nitrogen and oxygen atoms in total. The fourth-order valence-electron chi connectivity index (χ4n) is 2.53. The van der Waals surface area contributed by atoms with Crippen LogP contribution in [0.1, 0.15) is 32.1 Å². The fraction of sp³-hybridized carbons (Fsp3) is 0.400. The number of aryl methyl sites for hydroxylation is 1. The van der Waals surface area contributed by atoms with Crippen molar-refractivity contribution in [3.05, 3.63) is 36.2 Å². The molecule has 0 aliphatic carbocycles. The molecule has 1 aliphatic heterocycles. The van der Waals surface area contributed by atoms with E-state index in [-0.39, 0.29) is 18.1 Å². The van der Waals surface area contributed by atoms with Gasteiger partial charge >= 0.3 is 5.97 Å². The summed E-state index contributed by atoms with van der Waals surface area (Å²) in [5.74, 6) is 1.40. The van der Waals surface area contributed by atoms with Crippen molar-refractivity contribution in [1.82, 2.24) is 14.8 Å². The van der Waals surface area contributed by atoms with Crippen LogP contribution in [0.25, 0.3) is 11.4 Å². The Bertz CT molecular complexity index is 619. The number of benzene rings is 1. The molecule has 0 N–H and O–H groups in total. The van der Waals surface area contributed by atoms with Crippen LogP contribution < -0.4 is 0 Å². The summed E-state index contributed by atoms with van der Waals surface area (Å²) in [6, 6.07) is 9.49. The highest BCUT2D eigenvalue weighted by atomic mass is 16.5. The second-order valence-electron chi connectivity index (χ2n) is 5.22. The Kier molecular flexibility index (Phi) is 3.26. The maximum Gasteiger partial charge on any atom is 0.329 e. The van der Waals surface area contributed by atoms with Crippen molar-refractivity contribution in [2.75, 3.05) is 0 Å². The molecule has 2 heterocycles. The molecule has 0 radical (unpaired) electrons. The number of aromatic nitrogens is 3. The zero-order valence-electron chi connectivity index (χ0n) is 11.6. The predicted octanol–water partition coefficient (Wildman–Crippen LogP) is 2.38. The standard InChI is InChI=1S/C15H17N3O2/c1-10(2)20-15(19)12-8-9-13-16-17-14(18(12)13)11-6-4-3-5-7-11/h3-7,10,12H,8-9H2,1-2H3. The van der Waals surface area contributed by atoms with Crippen molar-refractivity contribution in [2.24, 2.45) is 0 Å². The topological polar surface area (TPSA) is 57.0 Å². The molecule has 5 heteroatoms. The zero-order chi connectivity index (χ0) is 14.1. The Hall–Kier alpha value is -2.17. The van der Waals surface area contributed by atoms with E-state index in [1.54, 1.807) is 0 Å². The first-order chi connectivity index (χ1) is 9.66. The lowest BCUT2D eigenvalue weighted by Gasteiger charge is -2.16. The molecule has 1 unspecified atom stereocenters. The second kappa shape index (κ2) is 5.07. The van der Waals surface area contributed by atoms with E-state index in [1.807, 2.05) is 48.7 Å². The van der Waals surface area contributed by atoms with Crippen LogP contribution in [0.4, 0.5) is 0 Å². The number of esters is 1. The van der Waals surface area contributed by atoms with E-state index >= 15 is 0 Å². The summed E-state index contributed by atoms with van der Waals surface area (Å²) in [6.07, 6.45) is 1.39. The van der Waals surface area contributed by atoms with E-state index in [9.17, 15) is 4.79 Å². The molecular formula is C15H17N3O2. The van der Waals surface area contributed by atoms with Crippen molar-refractivity contribution < 1.29 is 9.53 Å². The van der Waals surface area contributed by atoms with Crippen LogP contribution in [0.3, 0.4) is 0 Å². The molecule has 1 aliphatic rings. The van der Waals surface area contributed by atoms with Crippen LogP contribution in [0.2, 0.25) is 0 Å². The van der Waals surface area contributed by atoms with Gasteiger partial charge in [-0.15, -0.1) is 10.2 Å². The number of carbonyl (C=O) groups excluding carboxylic acids is 1. The van der Waals surface area contributed by atoms with Gasteiger partial charge in [-0.25, -0.2) is 4.79 Å². The lowest BCUT2D eigenvalue weighted by molar-refractivity contribution is -0.151.